The van der Waals surface area contributed by atoms with Crippen molar-refractivity contribution in [3.63, 3.8) is 0 Å². The number of furan rings is 1. The number of nitrogens with one attached hydrogen (secondary N) is 2. The lowest BCUT2D eigenvalue weighted by Crippen LogP contribution is -2.47. The zero-order valence-corrected chi connectivity index (χ0v) is 10.6. The largest absolute Gasteiger partial charge is 0.472 e. The normalized spacial score (nSPS) is 17.8. The molecule has 0 saturated heterocycles. The summed E-state index contributed by atoms with van der Waals surface area (Å²) in [5.41, 5.74) is 3.51. The molecule has 0 fully saturated rings. The highest BCUT2D eigenvalue weighted by Crippen LogP contribution is 2.16. The first-order valence-corrected chi connectivity index (χ1v) is 6.42. The van der Waals surface area contributed by atoms with Crippen molar-refractivity contribution in [3.8, 4) is 0 Å². The summed E-state index contributed by atoms with van der Waals surface area (Å²) in [6, 6.07) is 9.93. The molecule has 0 bridgehead atoms. The number of carbonyl (C=O) groups excluding carboxylic acids is 1. The van der Waals surface area contributed by atoms with Gasteiger partial charge in [0.25, 0.3) is 0 Å². The van der Waals surface area contributed by atoms with Crippen LogP contribution in [0.1, 0.15) is 16.7 Å². The first-order chi connectivity index (χ1) is 9.33. The van der Waals surface area contributed by atoms with Gasteiger partial charge in [0.1, 0.15) is 0 Å². The van der Waals surface area contributed by atoms with Crippen LogP contribution in [0.5, 0.6) is 0 Å². The number of rotatable bonds is 3. The number of carbonyl (C=O) groups is 1. The maximum absolute atomic E-state index is 12.1. The molecule has 2 aromatic rings. The second-order valence-electron chi connectivity index (χ2n) is 4.76. The van der Waals surface area contributed by atoms with Gasteiger partial charge in [-0.15, -0.1) is 0 Å². The van der Waals surface area contributed by atoms with Gasteiger partial charge in [0.15, 0.2) is 0 Å². The fourth-order valence-electron chi connectivity index (χ4n) is 2.35. The molecule has 98 valence electrons. The summed E-state index contributed by atoms with van der Waals surface area (Å²) in [6.45, 7) is 1.26. The standard InChI is InChI=1S/C15H16N2O2/c18-15(17-8-11-5-6-19-10-11)14-7-12-3-1-2-4-13(12)9-16-14/h1-6,10,14,16H,7-9H2,(H,17,18)/t14-/m1/s1. The second-order valence-corrected chi connectivity index (χ2v) is 4.76. The van der Waals surface area contributed by atoms with E-state index in [9.17, 15) is 4.79 Å². The minimum atomic E-state index is -0.151. The molecule has 2 N–H and O–H groups in total. The Labute approximate surface area is 111 Å². The number of hydrogen-bond acceptors (Lipinski definition) is 3. The summed E-state index contributed by atoms with van der Waals surface area (Å²) >= 11 is 0. The smallest absolute Gasteiger partial charge is 0.237 e. The van der Waals surface area contributed by atoms with Gasteiger partial charge in [-0.1, -0.05) is 24.3 Å². The quantitative estimate of drug-likeness (QED) is 0.877. The summed E-state index contributed by atoms with van der Waals surface area (Å²) < 4.78 is 4.97. The average molecular weight is 256 g/mol. The van der Waals surface area contributed by atoms with Crippen molar-refractivity contribution >= 4 is 5.91 Å². The zero-order valence-electron chi connectivity index (χ0n) is 10.6. The van der Waals surface area contributed by atoms with Crippen molar-refractivity contribution in [1.82, 2.24) is 10.6 Å². The van der Waals surface area contributed by atoms with Crippen molar-refractivity contribution in [2.24, 2.45) is 0 Å². The Balaban J connectivity index is 1.60. The van der Waals surface area contributed by atoms with Gasteiger partial charge in [-0.2, -0.15) is 0 Å². The lowest BCUT2D eigenvalue weighted by atomic mass is 9.95. The maximum atomic E-state index is 12.1. The third kappa shape index (κ3) is 2.69. The van der Waals surface area contributed by atoms with E-state index in [1.807, 2.05) is 18.2 Å². The summed E-state index contributed by atoms with van der Waals surface area (Å²) in [4.78, 5) is 12.1. The Morgan fingerprint density at radius 1 is 1.32 bits per heavy atom. The lowest BCUT2D eigenvalue weighted by Gasteiger charge is -2.25. The molecule has 1 aliphatic rings. The van der Waals surface area contributed by atoms with E-state index in [0.29, 0.717) is 6.54 Å². The molecular formula is C15H16N2O2. The molecule has 0 spiro atoms. The van der Waals surface area contributed by atoms with E-state index in [-0.39, 0.29) is 11.9 Å². The Morgan fingerprint density at radius 3 is 2.95 bits per heavy atom. The molecule has 1 aromatic heterocycles. The molecular weight excluding hydrogens is 240 g/mol. The van der Waals surface area contributed by atoms with E-state index in [4.69, 9.17) is 4.42 Å². The van der Waals surface area contributed by atoms with Crippen LogP contribution in [0.15, 0.2) is 47.3 Å². The van der Waals surface area contributed by atoms with Crippen molar-refractivity contribution in [1.29, 1.82) is 0 Å². The van der Waals surface area contributed by atoms with Crippen LogP contribution in [0.25, 0.3) is 0 Å². The summed E-state index contributed by atoms with van der Waals surface area (Å²) in [6.07, 6.45) is 3.99. The van der Waals surface area contributed by atoms with E-state index in [1.54, 1.807) is 12.5 Å². The van der Waals surface area contributed by atoms with Gasteiger partial charge in [-0.25, -0.2) is 0 Å². The van der Waals surface area contributed by atoms with Crippen LogP contribution in [0.2, 0.25) is 0 Å². The van der Waals surface area contributed by atoms with E-state index in [2.05, 4.69) is 22.8 Å². The van der Waals surface area contributed by atoms with E-state index in [1.165, 1.54) is 11.1 Å². The van der Waals surface area contributed by atoms with Crippen LogP contribution in [0.3, 0.4) is 0 Å². The Kier molecular flexibility index (Phi) is 3.33. The van der Waals surface area contributed by atoms with Crippen molar-refractivity contribution < 1.29 is 9.21 Å². The highest BCUT2D eigenvalue weighted by Gasteiger charge is 2.23. The summed E-state index contributed by atoms with van der Waals surface area (Å²) in [5, 5.41) is 6.19. The molecule has 0 saturated carbocycles. The fourth-order valence-corrected chi connectivity index (χ4v) is 2.35. The third-order valence-corrected chi connectivity index (χ3v) is 3.44. The van der Waals surface area contributed by atoms with Crippen LogP contribution in [0, 0.1) is 0 Å². The van der Waals surface area contributed by atoms with Gasteiger partial charge in [0, 0.05) is 18.7 Å². The van der Waals surface area contributed by atoms with Crippen LogP contribution < -0.4 is 10.6 Å². The van der Waals surface area contributed by atoms with Crippen LogP contribution >= 0.6 is 0 Å². The Hall–Kier alpha value is -2.07. The van der Waals surface area contributed by atoms with Crippen molar-refractivity contribution in [2.75, 3.05) is 0 Å². The second kappa shape index (κ2) is 5.28. The molecule has 4 nitrogen and oxygen atoms in total. The predicted octanol–water partition coefficient (Wildman–Crippen LogP) is 1.61. The molecule has 1 aliphatic heterocycles. The summed E-state index contributed by atoms with van der Waals surface area (Å²) in [7, 11) is 0. The number of hydrogen-bond donors (Lipinski definition) is 2. The van der Waals surface area contributed by atoms with Crippen molar-refractivity contribution in [2.45, 2.75) is 25.6 Å². The highest BCUT2D eigenvalue weighted by molar-refractivity contribution is 5.82. The average Bonchev–Trinajstić information content (AvgIpc) is 2.97. The van der Waals surface area contributed by atoms with Gasteiger partial charge < -0.3 is 15.1 Å². The molecule has 4 heteroatoms. The minimum absolute atomic E-state index is 0.0377. The Morgan fingerprint density at radius 2 is 2.16 bits per heavy atom. The van der Waals surface area contributed by atoms with Crippen LogP contribution in [-0.2, 0) is 24.3 Å². The first-order valence-electron chi connectivity index (χ1n) is 6.42. The monoisotopic (exact) mass is 256 g/mol. The van der Waals surface area contributed by atoms with Crippen molar-refractivity contribution in [3.05, 3.63) is 59.5 Å². The molecule has 0 unspecified atom stereocenters. The van der Waals surface area contributed by atoms with Crippen LogP contribution in [-0.4, -0.2) is 11.9 Å². The van der Waals surface area contributed by atoms with E-state index < -0.39 is 0 Å². The van der Waals surface area contributed by atoms with Gasteiger partial charge in [0.2, 0.25) is 5.91 Å². The topological polar surface area (TPSA) is 54.3 Å². The maximum Gasteiger partial charge on any atom is 0.237 e. The minimum Gasteiger partial charge on any atom is -0.472 e. The molecule has 1 aromatic carbocycles. The summed E-state index contributed by atoms with van der Waals surface area (Å²) in [5.74, 6) is 0.0377. The van der Waals surface area contributed by atoms with E-state index in [0.717, 1.165) is 18.5 Å². The molecule has 0 aliphatic carbocycles. The number of benzene rings is 1. The van der Waals surface area contributed by atoms with Gasteiger partial charge in [-0.3, -0.25) is 4.79 Å². The number of amides is 1. The van der Waals surface area contributed by atoms with Crippen LogP contribution in [0.4, 0.5) is 0 Å². The molecule has 3 rings (SSSR count). The zero-order chi connectivity index (χ0) is 13.1. The lowest BCUT2D eigenvalue weighted by molar-refractivity contribution is -0.123. The van der Waals surface area contributed by atoms with Gasteiger partial charge >= 0.3 is 0 Å². The number of fused-ring (bicyclic) bond motifs is 1. The Bertz CT molecular complexity index is 563. The molecule has 19 heavy (non-hydrogen) atoms. The van der Waals surface area contributed by atoms with E-state index >= 15 is 0 Å². The third-order valence-electron chi connectivity index (χ3n) is 3.44. The molecule has 0 radical (unpaired) electrons. The molecule has 1 amide bonds. The fraction of sp³-hybridized carbons (Fsp3) is 0.267. The highest BCUT2D eigenvalue weighted by atomic mass is 16.3. The molecule has 2 heterocycles. The SMILES string of the molecule is O=C(NCc1ccoc1)[C@H]1Cc2ccccc2CN1. The van der Waals surface area contributed by atoms with Gasteiger partial charge in [0.05, 0.1) is 18.6 Å². The predicted molar refractivity (Wildman–Crippen MR) is 71.3 cm³/mol. The molecule has 1 atom stereocenters. The first kappa shape index (κ1) is 12.0. The van der Waals surface area contributed by atoms with Gasteiger partial charge in [-0.05, 0) is 23.6 Å².